The van der Waals surface area contributed by atoms with E-state index in [4.69, 9.17) is 0 Å². The summed E-state index contributed by atoms with van der Waals surface area (Å²) in [6, 6.07) is 11.5. The highest BCUT2D eigenvalue weighted by Gasteiger charge is 2.50. The van der Waals surface area contributed by atoms with Crippen LogP contribution in [0.3, 0.4) is 0 Å². The number of carbonyl (C=O) groups excluding carboxylic acids is 1. The van der Waals surface area contributed by atoms with Crippen LogP contribution in [0.4, 0.5) is 13.2 Å². The van der Waals surface area contributed by atoms with Gasteiger partial charge in [0.1, 0.15) is 0 Å². The highest BCUT2D eigenvalue weighted by atomic mass is 19.2. The number of benzene rings is 2. The molecule has 4 heterocycles. The Morgan fingerprint density at radius 3 is 2.24 bits per heavy atom. The SMILES string of the molecule is CN1CCN(C2C(=O)N2Cc2cnc(-c3cccc(Cn4nc(-c5cc(F)c(F)c(F)c5)ccc4=O)c3)nc2)CC1. The summed E-state index contributed by atoms with van der Waals surface area (Å²) in [6.07, 6.45) is 3.24. The number of piperazine rings is 1. The first-order valence-corrected chi connectivity index (χ1v) is 13.1. The lowest BCUT2D eigenvalue weighted by Gasteiger charge is -2.31. The third kappa shape index (κ3) is 5.61. The van der Waals surface area contributed by atoms with Crippen molar-refractivity contribution in [3.63, 3.8) is 0 Å². The fourth-order valence-corrected chi connectivity index (χ4v) is 4.97. The fourth-order valence-electron chi connectivity index (χ4n) is 4.97. The lowest BCUT2D eigenvalue weighted by atomic mass is 10.1. The number of halogens is 3. The van der Waals surface area contributed by atoms with Gasteiger partial charge in [0.2, 0.25) is 0 Å². The van der Waals surface area contributed by atoms with E-state index in [0.717, 1.165) is 59.7 Å². The minimum absolute atomic E-state index is 0.0106. The predicted octanol–water partition coefficient (Wildman–Crippen LogP) is 2.75. The minimum Gasteiger partial charge on any atom is -0.311 e. The van der Waals surface area contributed by atoms with Crippen LogP contribution in [0, 0.1) is 17.5 Å². The molecule has 41 heavy (non-hydrogen) atoms. The van der Waals surface area contributed by atoms with Gasteiger partial charge in [-0.2, -0.15) is 5.10 Å². The highest BCUT2D eigenvalue weighted by Crippen LogP contribution is 2.28. The van der Waals surface area contributed by atoms with E-state index in [9.17, 15) is 22.8 Å². The summed E-state index contributed by atoms with van der Waals surface area (Å²) in [7, 11) is 2.08. The van der Waals surface area contributed by atoms with Crippen molar-refractivity contribution < 1.29 is 18.0 Å². The second kappa shape index (κ2) is 10.9. The summed E-state index contributed by atoms with van der Waals surface area (Å²) in [6.45, 7) is 4.14. The summed E-state index contributed by atoms with van der Waals surface area (Å²) in [5, 5.41) is 4.23. The van der Waals surface area contributed by atoms with Gasteiger partial charge in [-0.05, 0) is 36.9 Å². The van der Waals surface area contributed by atoms with Crippen molar-refractivity contribution in [3.8, 4) is 22.6 Å². The molecule has 2 aliphatic heterocycles. The van der Waals surface area contributed by atoms with Crippen LogP contribution in [-0.4, -0.2) is 79.7 Å². The smallest absolute Gasteiger partial charge is 0.267 e. The Labute approximate surface area is 233 Å². The van der Waals surface area contributed by atoms with E-state index in [-0.39, 0.29) is 29.9 Å². The molecule has 12 heteroatoms. The molecule has 210 valence electrons. The molecule has 1 unspecified atom stereocenters. The molecular formula is C29H26F3N7O2. The molecule has 0 radical (unpaired) electrons. The van der Waals surface area contributed by atoms with Gasteiger partial charge in [0, 0.05) is 61.3 Å². The molecule has 0 spiro atoms. The molecule has 0 saturated carbocycles. The third-order valence-electron chi connectivity index (χ3n) is 7.34. The van der Waals surface area contributed by atoms with Gasteiger partial charge in [-0.1, -0.05) is 18.2 Å². The van der Waals surface area contributed by atoms with Crippen LogP contribution < -0.4 is 5.56 Å². The Balaban J connectivity index is 1.15. The first kappa shape index (κ1) is 26.8. The zero-order chi connectivity index (χ0) is 28.7. The molecule has 4 aromatic rings. The van der Waals surface area contributed by atoms with Crippen molar-refractivity contribution in [3.05, 3.63) is 99.9 Å². The Hall–Kier alpha value is -4.42. The fraction of sp³-hybridized carbons (Fsp3) is 0.276. The molecule has 0 bridgehead atoms. The Morgan fingerprint density at radius 1 is 0.829 bits per heavy atom. The van der Waals surface area contributed by atoms with E-state index in [0.29, 0.717) is 12.4 Å². The summed E-state index contributed by atoms with van der Waals surface area (Å²) < 4.78 is 42.0. The number of amides is 1. The number of aromatic nitrogens is 4. The quantitative estimate of drug-likeness (QED) is 0.253. The molecule has 2 aromatic heterocycles. The molecule has 2 aromatic carbocycles. The lowest BCUT2D eigenvalue weighted by molar-refractivity contribution is -0.114. The molecule has 0 N–H and O–H groups in total. The zero-order valence-corrected chi connectivity index (χ0v) is 22.2. The standard InChI is InChI=1S/C29H26F3N7O2/c1-36-7-9-37(10-8-36)28-29(41)38(28)16-19-14-33-27(34-15-19)20-4-2-3-18(11-20)17-39-25(40)6-5-24(35-39)21-12-22(30)26(32)23(31)13-21/h2-6,11-15,28H,7-10,16-17H2,1H3. The molecule has 6 rings (SSSR count). The van der Waals surface area contributed by atoms with Crippen molar-refractivity contribution >= 4 is 5.91 Å². The maximum absolute atomic E-state index is 13.7. The van der Waals surface area contributed by atoms with Crippen LogP contribution in [0.1, 0.15) is 11.1 Å². The molecule has 0 aliphatic carbocycles. The summed E-state index contributed by atoms with van der Waals surface area (Å²) in [4.78, 5) is 40.1. The van der Waals surface area contributed by atoms with Crippen molar-refractivity contribution in [2.45, 2.75) is 19.3 Å². The summed E-state index contributed by atoms with van der Waals surface area (Å²) >= 11 is 0. The monoisotopic (exact) mass is 561 g/mol. The van der Waals surface area contributed by atoms with Crippen LogP contribution in [0.25, 0.3) is 22.6 Å². The maximum Gasteiger partial charge on any atom is 0.267 e. The van der Waals surface area contributed by atoms with Gasteiger partial charge < -0.3 is 9.80 Å². The number of hydrogen-bond acceptors (Lipinski definition) is 7. The van der Waals surface area contributed by atoms with Crippen LogP contribution >= 0.6 is 0 Å². The van der Waals surface area contributed by atoms with E-state index in [1.165, 1.54) is 12.1 Å². The van der Waals surface area contributed by atoms with E-state index in [1.54, 1.807) is 24.5 Å². The molecule has 2 aliphatic rings. The normalized spacial score (nSPS) is 17.7. The molecule has 1 amide bonds. The van der Waals surface area contributed by atoms with Crippen molar-refractivity contribution in [2.75, 3.05) is 33.2 Å². The Kier molecular flexibility index (Phi) is 7.10. The van der Waals surface area contributed by atoms with Gasteiger partial charge in [-0.15, -0.1) is 0 Å². The highest BCUT2D eigenvalue weighted by molar-refractivity contribution is 5.96. The topological polar surface area (TPSA) is 87.2 Å². The minimum atomic E-state index is -1.57. The van der Waals surface area contributed by atoms with Crippen LogP contribution in [-0.2, 0) is 17.9 Å². The average molecular weight is 562 g/mol. The first-order chi connectivity index (χ1) is 19.8. The van der Waals surface area contributed by atoms with Crippen molar-refractivity contribution in [1.29, 1.82) is 0 Å². The van der Waals surface area contributed by atoms with E-state index >= 15 is 0 Å². The Morgan fingerprint density at radius 2 is 1.54 bits per heavy atom. The van der Waals surface area contributed by atoms with E-state index in [2.05, 4.69) is 31.9 Å². The van der Waals surface area contributed by atoms with Gasteiger partial charge in [0.25, 0.3) is 11.5 Å². The number of likely N-dealkylation sites (N-methyl/N-ethyl adjacent to an activating group) is 1. The van der Waals surface area contributed by atoms with Gasteiger partial charge in [-0.3, -0.25) is 14.5 Å². The molecular weight excluding hydrogens is 535 g/mol. The second-order valence-electron chi connectivity index (χ2n) is 10.3. The van der Waals surface area contributed by atoms with Crippen LogP contribution in [0.2, 0.25) is 0 Å². The van der Waals surface area contributed by atoms with E-state index in [1.807, 2.05) is 17.0 Å². The van der Waals surface area contributed by atoms with Crippen molar-refractivity contribution in [1.82, 2.24) is 34.4 Å². The lowest BCUT2D eigenvalue weighted by Crippen LogP contribution is -2.46. The average Bonchev–Trinajstić information content (AvgIpc) is 3.61. The van der Waals surface area contributed by atoms with Gasteiger partial charge >= 0.3 is 0 Å². The molecule has 2 fully saturated rings. The zero-order valence-electron chi connectivity index (χ0n) is 22.2. The number of hydrogen-bond donors (Lipinski definition) is 0. The Bertz CT molecular complexity index is 1650. The van der Waals surface area contributed by atoms with Crippen LogP contribution in [0.5, 0.6) is 0 Å². The first-order valence-electron chi connectivity index (χ1n) is 13.1. The number of carbonyl (C=O) groups is 1. The van der Waals surface area contributed by atoms with Gasteiger partial charge in [0.15, 0.2) is 29.4 Å². The molecule has 2 saturated heterocycles. The van der Waals surface area contributed by atoms with Crippen LogP contribution in [0.15, 0.2) is 65.7 Å². The number of nitrogens with zero attached hydrogens (tertiary/aromatic N) is 7. The third-order valence-corrected chi connectivity index (χ3v) is 7.34. The van der Waals surface area contributed by atoms with Gasteiger partial charge in [-0.25, -0.2) is 27.8 Å². The van der Waals surface area contributed by atoms with Crippen molar-refractivity contribution in [2.24, 2.45) is 0 Å². The number of rotatable bonds is 7. The summed E-state index contributed by atoms with van der Waals surface area (Å²) in [5.74, 6) is -3.64. The summed E-state index contributed by atoms with van der Waals surface area (Å²) in [5.41, 5.74) is 1.99. The maximum atomic E-state index is 13.7. The second-order valence-corrected chi connectivity index (χ2v) is 10.3. The largest absolute Gasteiger partial charge is 0.311 e. The molecule has 9 nitrogen and oxygen atoms in total. The van der Waals surface area contributed by atoms with Gasteiger partial charge in [0.05, 0.1) is 18.8 Å². The van der Waals surface area contributed by atoms with E-state index < -0.39 is 23.0 Å². The predicted molar refractivity (Wildman–Crippen MR) is 144 cm³/mol. The molecule has 1 atom stereocenters.